The first-order valence-electron chi connectivity index (χ1n) is 9.22. The first kappa shape index (κ1) is 23.6. The number of hydrogen-bond acceptors (Lipinski definition) is 5. The fourth-order valence-electron chi connectivity index (χ4n) is 2.71. The van der Waals surface area contributed by atoms with Crippen molar-refractivity contribution in [2.75, 3.05) is 53.0 Å². The van der Waals surface area contributed by atoms with Crippen molar-refractivity contribution in [3.63, 3.8) is 0 Å². The van der Waals surface area contributed by atoms with Gasteiger partial charge in [0.15, 0.2) is 5.96 Å². The van der Waals surface area contributed by atoms with Crippen LogP contribution in [0.4, 0.5) is 0 Å². The molecule has 7 nitrogen and oxygen atoms in total. The summed E-state index contributed by atoms with van der Waals surface area (Å²) < 4.78 is 10.1. The highest BCUT2D eigenvalue weighted by molar-refractivity contribution is 14.0. The van der Waals surface area contributed by atoms with Crippen molar-refractivity contribution in [3.8, 4) is 0 Å². The molecule has 1 saturated heterocycles. The van der Waals surface area contributed by atoms with Gasteiger partial charge in [-0.3, -0.25) is 4.90 Å². The molecule has 1 heterocycles. The molecule has 8 heteroatoms. The van der Waals surface area contributed by atoms with Gasteiger partial charge in [-0.25, -0.2) is 9.79 Å². The number of methoxy groups -OCH3 is 1. The van der Waals surface area contributed by atoms with Gasteiger partial charge in [0.2, 0.25) is 0 Å². The Balaban J connectivity index is 0.00000364. The Morgan fingerprint density at radius 3 is 2.56 bits per heavy atom. The number of nitrogens with one attached hydrogen (secondary N) is 2. The summed E-state index contributed by atoms with van der Waals surface area (Å²) >= 11 is 0. The highest BCUT2D eigenvalue weighted by atomic mass is 127. The highest BCUT2D eigenvalue weighted by Crippen LogP contribution is 2.07. The Bertz CT molecular complexity index is 575. The summed E-state index contributed by atoms with van der Waals surface area (Å²) in [5, 5.41) is 6.64. The molecule has 0 aliphatic carbocycles. The second-order valence-corrected chi connectivity index (χ2v) is 6.12. The summed E-state index contributed by atoms with van der Waals surface area (Å²) in [5.74, 6) is 0.488. The van der Waals surface area contributed by atoms with Crippen LogP contribution in [0, 0.1) is 0 Å². The summed E-state index contributed by atoms with van der Waals surface area (Å²) in [4.78, 5) is 18.5. The molecule has 1 aliphatic rings. The van der Waals surface area contributed by atoms with Crippen molar-refractivity contribution in [1.29, 1.82) is 0 Å². The van der Waals surface area contributed by atoms with Gasteiger partial charge in [0, 0.05) is 26.2 Å². The Labute approximate surface area is 178 Å². The van der Waals surface area contributed by atoms with E-state index in [4.69, 9.17) is 9.47 Å². The predicted octanol–water partition coefficient (Wildman–Crippen LogP) is 1.87. The van der Waals surface area contributed by atoms with E-state index in [0.29, 0.717) is 12.1 Å². The predicted molar refractivity (Wildman–Crippen MR) is 118 cm³/mol. The number of guanidine groups is 1. The van der Waals surface area contributed by atoms with Gasteiger partial charge in [0.05, 0.1) is 32.4 Å². The smallest absolute Gasteiger partial charge is 0.337 e. The molecule has 0 bridgehead atoms. The van der Waals surface area contributed by atoms with Crippen molar-refractivity contribution in [1.82, 2.24) is 15.5 Å². The van der Waals surface area contributed by atoms with E-state index in [-0.39, 0.29) is 29.9 Å². The zero-order chi connectivity index (χ0) is 18.6. The minimum Gasteiger partial charge on any atom is -0.465 e. The lowest BCUT2D eigenvalue weighted by Crippen LogP contribution is -2.40. The van der Waals surface area contributed by atoms with E-state index in [0.717, 1.165) is 63.9 Å². The van der Waals surface area contributed by atoms with Crippen molar-refractivity contribution in [2.45, 2.75) is 19.9 Å². The Morgan fingerprint density at radius 2 is 1.93 bits per heavy atom. The molecule has 152 valence electrons. The summed E-state index contributed by atoms with van der Waals surface area (Å²) in [6, 6.07) is 7.33. The largest absolute Gasteiger partial charge is 0.465 e. The number of nitrogens with zero attached hydrogens (tertiary/aromatic N) is 2. The molecule has 0 amide bonds. The van der Waals surface area contributed by atoms with E-state index in [9.17, 15) is 4.79 Å². The van der Waals surface area contributed by atoms with Crippen molar-refractivity contribution < 1.29 is 14.3 Å². The van der Waals surface area contributed by atoms with E-state index in [1.807, 2.05) is 12.1 Å². The topological polar surface area (TPSA) is 75.2 Å². The number of aliphatic imine (C=N–C) groups is 1. The zero-order valence-electron chi connectivity index (χ0n) is 16.2. The number of hydrogen-bond donors (Lipinski definition) is 2. The highest BCUT2D eigenvalue weighted by Gasteiger charge is 2.09. The minimum absolute atomic E-state index is 0. The molecule has 27 heavy (non-hydrogen) atoms. The van der Waals surface area contributed by atoms with Gasteiger partial charge in [-0.15, -0.1) is 24.0 Å². The number of halogens is 1. The second-order valence-electron chi connectivity index (χ2n) is 6.12. The van der Waals surface area contributed by atoms with Crippen LogP contribution in [0.25, 0.3) is 0 Å². The van der Waals surface area contributed by atoms with Crippen LogP contribution in [0.3, 0.4) is 0 Å². The molecule has 1 aromatic rings. The summed E-state index contributed by atoms with van der Waals surface area (Å²) in [6.45, 7) is 9.10. The maximum absolute atomic E-state index is 11.5. The lowest BCUT2D eigenvalue weighted by atomic mass is 10.1. The summed E-state index contributed by atoms with van der Waals surface area (Å²) in [5.41, 5.74) is 1.59. The number of carbonyl (C=O) groups excluding carboxylic acids is 1. The Morgan fingerprint density at radius 1 is 1.22 bits per heavy atom. The number of benzene rings is 1. The molecule has 1 fully saturated rings. The average Bonchev–Trinajstić information content (AvgIpc) is 2.70. The molecular formula is C19H31IN4O3. The maximum atomic E-state index is 11.5. The van der Waals surface area contributed by atoms with Crippen LogP contribution >= 0.6 is 24.0 Å². The molecule has 0 atom stereocenters. The summed E-state index contributed by atoms with van der Waals surface area (Å²) in [7, 11) is 1.38. The lowest BCUT2D eigenvalue weighted by molar-refractivity contribution is 0.0376. The van der Waals surface area contributed by atoms with Crippen LogP contribution in [-0.4, -0.2) is 69.9 Å². The van der Waals surface area contributed by atoms with Gasteiger partial charge < -0.3 is 20.1 Å². The maximum Gasteiger partial charge on any atom is 0.337 e. The van der Waals surface area contributed by atoms with Gasteiger partial charge in [-0.1, -0.05) is 12.1 Å². The number of carbonyl (C=O) groups is 1. The molecular weight excluding hydrogens is 459 g/mol. The van der Waals surface area contributed by atoms with Gasteiger partial charge in [0.25, 0.3) is 0 Å². The number of morpholine rings is 1. The molecule has 2 rings (SSSR count). The first-order valence-corrected chi connectivity index (χ1v) is 9.22. The minimum atomic E-state index is -0.324. The van der Waals surface area contributed by atoms with Crippen LogP contribution < -0.4 is 10.6 Å². The molecule has 0 aromatic heterocycles. The first-order chi connectivity index (χ1) is 12.7. The van der Waals surface area contributed by atoms with E-state index in [1.54, 1.807) is 12.1 Å². The Kier molecular flexibility index (Phi) is 12.0. The van der Waals surface area contributed by atoms with Crippen LogP contribution in [0.5, 0.6) is 0 Å². The quantitative estimate of drug-likeness (QED) is 0.191. The van der Waals surface area contributed by atoms with Gasteiger partial charge in [0.1, 0.15) is 0 Å². The Hall–Kier alpha value is -1.39. The third kappa shape index (κ3) is 8.89. The summed E-state index contributed by atoms with van der Waals surface area (Å²) in [6.07, 6.45) is 1.07. The monoisotopic (exact) mass is 490 g/mol. The normalized spacial score (nSPS) is 15.0. The molecule has 1 aromatic carbocycles. The fraction of sp³-hybridized carbons (Fsp3) is 0.579. The molecule has 0 saturated carbocycles. The average molecular weight is 490 g/mol. The molecule has 0 unspecified atom stereocenters. The van der Waals surface area contributed by atoms with Crippen LogP contribution in [-0.2, 0) is 16.0 Å². The SMILES string of the molecule is CCNC(=NCc1ccc(C(=O)OC)cc1)NCCCN1CCOCC1.I. The third-order valence-electron chi connectivity index (χ3n) is 4.19. The third-order valence-corrected chi connectivity index (χ3v) is 4.19. The van der Waals surface area contributed by atoms with Crippen molar-refractivity contribution >= 4 is 35.9 Å². The molecule has 1 aliphatic heterocycles. The van der Waals surface area contributed by atoms with E-state index < -0.39 is 0 Å². The van der Waals surface area contributed by atoms with Gasteiger partial charge in [-0.2, -0.15) is 0 Å². The van der Waals surface area contributed by atoms with Crippen LogP contribution in [0.1, 0.15) is 29.3 Å². The van der Waals surface area contributed by atoms with E-state index >= 15 is 0 Å². The van der Waals surface area contributed by atoms with Crippen molar-refractivity contribution in [3.05, 3.63) is 35.4 Å². The second kappa shape index (κ2) is 13.7. The van der Waals surface area contributed by atoms with Crippen LogP contribution in [0.2, 0.25) is 0 Å². The van der Waals surface area contributed by atoms with Crippen molar-refractivity contribution in [2.24, 2.45) is 4.99 Å². The lowest BCUT2D eigenvalue weighted by Gasteiger charge is -2.26. The van der Waals surface area contributed by atoms with E-state index in [2.05, 4.69) is 27.4 Å². The van der Waals surface area contributed by atoms with Gasteiger partial charge in [-0.05, 0) is 37.6 Å². The van der Waals surface area contributed by atoms with Gasteiger partial charge >= 0.3 is 5.97 Å². The molecule has 0 spiro atoms. The molecule has 0 radical (unpaired) electrons. The van der Waals surface area contributed by atoms with Crippen LogP contribution in [0.15, 0.2) is 29.3 Å². The fourth-order valence-corrected chi connectivity index (χ4v) is 2.71. The van der Waals surface area contributed by atoms with E-state index in [1.165, 1.54) is 7.11 Å². The number of ether oxygens (including phenoxy) is 2. The number of esters is 1. The number of rotatable bonds is 8. The zero-order valence-corrected chi connectivity index (χ0v) is 18.5. The molecule has 2 N–H and O–H groups in total. The standard InChI is InChI=1S/C19H30N4O3.HI/c1-3-20-19(21-9-4-10-23-11-13-26-14-12-23)22-15-16-5-7-17(8-6-16)18(24)25-2;/h5-8H,3-4,9-15H2,1-2H3,(H2,20,21,22);1H.